The first-order chi connectivity index (χ1) is 7.61. The molecule has 0 aliphatic carbocycles. The van der Waals surface area contributed by atoms with Crippen LogP contribution in [0.25, 0.3) is 11.5 Å². The highest BCUT2D eigenvalue weighted by atomic mass is 79.9. The van der Waals surface area contributed by atoms with Crippen LogP contribution in [0.2, 0.25) is 0 Å². The zero-order chi connectivity index (χ0) is 11.7. The molecule has 0 fully saturated rings. The Morgan fingerprint density at radius 3 is 2.75 bits per heavy atom. The number of nitrogens with zero attached hydrogens (tertiary/aromatic N) is 2. The summed E-state index contributed by atoms with van der Waals surface area (Å²) in [5.74, 6) is 0.353. The van der Waals surface area contributed by atoms with Crippen molar-refractivity contribution in [3.63, 3.8) is 0 Å². The Balaban J connectivity index is 2.59. The molecule has 0 spiro atoms. The highest BCUT2D eigenvalue weighted by Gasteiger charge is 2.14. The van der Waals surface area contributed by atoms with Gasteiger partial charge in [-0.15, -0.1) is 0 Å². The Hall–Kier alpha value is -1.32. The van der Waals surface area contributed by atoms with E-state index in [-0.39, 0.29) is 11.6 Å². The quantitative estimate of drug-likeness (QED) is 0.862. The molecule has 16 heavy (non-hydrogen) atoms. The van der Waals surface area contributed by atoms with Gasteiger partial charge in [-0.05, 0) is 34.1 Å². The van der Waals surface area contributed by atoms with Crippen molar-refractivity contribution in [2.75, 3.05) is 5.73 Å². The first-order valence-electron chi connectivity index (χ1n) is 4.23. The van der Waals surface area contributed by atoms with Crippen molar-refractivity contribution in [1.29, 1.82) is 5.26 Å². The smallest absolute Gasteiger partial charge is 0.231 e. The van der Waals surface area contributed by atoms with E-state index in [1.165, 1.54) is 0 Å². The first-order valence-corrected chi connectivity index (χ1v) is 5.82. The topological polar surface area (TPSA) is 75.8 Å². The predicted molar refractivity (Wildman–Crippen MR) is 66.5 cm³/mol. The van der Waals surface area contributed by atoms with Crippen molar-refractivity contribution in [2.45, 2.75) is 0 Å². The summed E-state index contributed by atoms with van der Waals surface area (Å²) in [6.07, 6.45) is 0. The third-order valence-corrected chi connectivity index (χ3v) is 3.10. The standard InChI is InChI=1S/C10H5Br2N3O/c11-5-1-2-7(12)6(3-5)10-15-8(4-13)9(14)16-10/h1-3H,14H2. The van der Waals surface area contributed by atoms with Gasteiger partial charge in [-0.25, -0.2) is 0 Å². The largest absolute Gasteiger partial charge is 0.419 e. The van der Waals surface area contributed by atoms with Crippen LogP contribution in [0.4, 0.5) is 5.88 Å². The molecule has 1 heterocycles. The summed E-state index contributed by atoms with van der Waals surface area (Å²) in [6, 6.07) is 7.43. The fourth-order valence-electron chi connectivity index (χ4n) is 1.19. The van der Waals surface area contributed by atoms with Crippen molar-refractivity contribution >= 4 is 37.7 Å². The predicted octanol–water partition coefficient (Wildman–Crippen LogP) is 3.32. The molecule has 1 aromatic carbocycles. The Morgan fingerprint density at radius 1 is 1.38 bits per heavy atom. The third-order valence-electron chi connectivity index (χ3n) is 1.92. The number of halogens is 2. The molecule has 80 valence electrons. The van der Waals surface area contributed by atoms with Gasteiger partial charge in [0.1, 0.15) is 6.07 Å². The van der Waals surface area contributed by atoms with Gasteiger partial charge in [-0.1, -0.05) is 15.9 Å². The molecule has 0 unspecified atom stereocenters. The van der Waals surface area contributed by atoms with E-state index >= 15 is 0 Å². The van der Waals surface area contributed by atoms with Crippen LogP contribution < -0.4 is 5.73 Å². The Kier molecular flexibility index (Phi) is 2.99. The lowest BCUT2D eigenvalue weighted by molar-refractivity contribution is 0.593. The maximum absolute atomic E-state index is 8.73. The molecule has 0 aliphatic heterocycles. The van der Waals surface area contributed by atoms with Gasteiger partial charge in [-0.2, -0.15) is 10.2 Å². The van der Waals surface area contributed by atoms with E-state index in [1.807, 2.05) is 24.3 Å². The summed E-state index contributed by atoms with van der Waals surface area (Å²) in [7, 11) is 0. The van der Waals surface area contributed by atoms with Crippen molar-refractivity contribution in [3.8, 4) is 17.5 Å². The molecule has 0 atom stereocenters. The monoisotopic (exact) mass is 341 g/mol. The van der Waals surface area contributed by atoms with Gasteiger partial charge in [0.2, 0.25) is 17.5 Å². The molecular formula is C10H5Br2N3O. The lowest BCUT2D eigenvalue weighted by Crippen LogP contribution is -1.84. The number of anilines is 1. The number of hydrogen-bond acceptors (Lipinski definition) is 4. The summed E-state index contributed by atoms with van der Waals surface area (Å²) in [4.78, 5) is 4.00. The van der Waals surface area contributed by atoms with Gasteiger partial charge in [0.25, 0.3) is 0 Å². The summed E-state index contributed by atoms with van der Waals surface area (Å²) in [6.45, 7) is 0. The van der Waals surface area contributed by atoms with Crippen molar-refractivity contribution < 1.29 is 4.42 Å². The minimum absolute atomic E-state index is 0.0318. The van der Waals surface area contributed by atoms with Crippen LogP contribution in [-0.2, 0) is 0 Å². The highest BCUT2D eigenvalue weighted by molar-refractivity contribution is 9.11. The van der Waals surface area contributed by atoms with Crippen LogP contribution in [-0.4, -0.2) is 4.98 Å². The molecule has 4 nitrogen and oxygen atoms in total. The van der Waals surface area contributed by atoms with Gasteiger partial charge >= 0.3 is 0 Å². The molecular weight excluding hydrogens is 338 g/mol. The minimum atomic E-state index is 0.0318. The molecule has 1 aromatic heterocycles. The van der Waals surface area contributed by atoms with Crippen LogP contribution in [0.3, 0.4) is 0 Å². The van der Waals surface area contributed by atoms with E-state index in [0.717, 1.165) is 14.5 Å². The fraction of sp³-hybridized carbons (Fsp3) is 0. The molecule has 2 rings (SSSR count). The number of aromatic nitrogens is 1. The average molecular weight is 343 g/mol. The Bertz CT molecular complexity index is 586. The molecule has 0 saturated carbocycles. The molecule has 0 radical (unpaired) electrons. The van der Waals surface area contributed by atoms with Crippen LogP contribution >= 0.6 is 31.9 Å². The van der Waals surface area contributed by atoms with E-state index in [1.54, 1.807) is 0 Å². The number of nitrogen functional groups attached to an aromatic ring is 1. The average Bonchev–Trinajstić information content (AvgIpc) is 2.63. The van der Waals surface area contributed by atoms with Gasteiger partial charge in [0.05, 0.1) is 5.56 Å². The molecule has 2 aromatic rings. The summed E-state index contributed by atoms with van der Waals surface area (Å²) in [5, 5.41) is 8.73. The molecule has 6 heteroatoms. The van der Waals surface area contributed by atoms with Gasteiger partial charge in [-0.3, -0.25) is 0 Å². The zero-order valence-corrected chi connectivity index (χ0v) is 11.0. The van der Waals surface area contributed by atoms with Crippen LogP contribution in [0, 0.1) is 11.3 Å². The maximum Gasteiger partial charge on any atom is 0.231 e. The van der Waals surface area contributed by atoms with Crippen LogP contribution in [0.5, 0.6) is 0 Å². The molecule has 0 saturated heterocycles. The van der Waals surface area contributed by atoms with Crippen LogP contribution in [0.1, 0.15) is 5.69 Å². The third kappa shape index (κ3) is 1.96. The second kappa shape index (κ2) is 4.28. The number of hydrogen-bond donors (Lipinski definition) is 1. The minimum Gasteiger partial charge on any atom is -0.419 e. The van der Waals surface area contributed by atoms with E-state index < -0.39 is 0 Å². The highest BCUT2D eigenvalue weighted by Crippen LogP contribution is 2.32. The van der Waals surface area contributed by atoms with E-state index in [2.05, 4.69) is 36.8 Å². The second-order valence-electron chi connectivity index (χ2n) is 2.97. The normalized spacial score (nSPS) is 10.1. The van der Waals surface area contributed by atoms with Crippen molar-refractivity contribution in [2.24, 2.45) is 0 Å². The Morgan fingerprint density at radius 2 is 2.12 bits per heavy atom. The van der Waals surface area contributed by atoms with Gasteiger partial charge in [0.15, 0.2) is 0 Å². The molecule has 0 bridgehead atoms. The fourth-order valence-corrected chi connectivity index (χ4v) is 1.97. The molecule has 0 amide bonds. The van der Waals surface area contributed by atoms with E-state index in [0.29, 0.717) is 5.89 Å². The number of nitriles is 1. The number of oxazole rings is 1. The van der Waals surface area contributed by atoms with E-state index in [4.69, 9.17) is 15.4 Å². The SMILES string of the molecule is N#Cc1nc(-c2cc(Br)ccc2Br)oc1N. The number of rotatable bonds is 1. The van der Waals surface area contributed by atoms with Gasteiger partial charge < -0.3 is 10.2 Å². The van der Waals surface area contributed by atoms with Crippen molar-refractivity contribution in [1.82, 2.24) is 4.98 Å². The molecule has 2 N–H and O–H groups in total. The van der Waals surface area contributed by atoms with Gasteiger partial charge in [0, 0.05) is 8.95 Å². The Labute approximate surface area is 108 Å². The summed E-state index contributed by atoms with van der Waals surface area (Å²) < 4.78 is 6.93. The first kappa shape index (κ1) is 11.2. The second-order valence-corrected chi connectivity index (χ2v) is 4.74. The van der Waals surface area contributed by atoms with Crippen molar-refractivity contribution in [3.05, 3.63) is 32.8 Å². The summed E-state index contributed by atoms with van der Waals surface area (Å²) in [5.41, 5.74) is 6.34. The lowest BCUT2D eigenvalue weighted by Gasteiger charge is -1.99. The van der Waals surface area contributed by atoms with Crippen LogP contribution in [0.15, 0.2) is 31.6 Å². The maximum atomic E-state index is 8.73. The number of nitrogens with two attached hydrogens (primary N) is 1. The number of benzene rings is 1. The molecule has 0 aliphatic rings. The van der Waals surface area contributed by atoms with E-state index in [9.17, 15) is 0 Å². The zero-order valence-electron chi connectivity index (χ0n) is 7.87. The lowest BCUT2D eigenvalue weighted by atomic mass is 10.2. The summed E-state index contributed by atoms with van der Waals surface area (Å²) >= 11 is 6.73.